The lowest BCUT2D eigenvalue weighted by molar-refractivity contribution is -0.140. The SMILES string of the molecule is Cc1cn(C2=CC=C3C(O)N(C(C)C4CCC(c5cc(F)c(Cl)cc5C(F)(F)F)O4)CCN3C2O)cn1. The molecule has 3 aliphatic heterocycles. The van der Waals surface area contributed by atoms with Crippen LogP contribution in [0.4, 0.5) is 17.6 Å². The highest BCUT2D eigenvalue weighted by Crippen LogP contribution is 2.44. The van der Waals surface area contributed by atoms with Gasteiger partial charge < -0.3 is 24.4 Å². The van der Waals surface area contributed by atoms with Crippen LogP contribution in [0, 0.1) is 12.7 Å². The first-order valence-corrected chi connectivity index (χ1v) is 12.4. The lowest BCUT2D eigenvalue weighted by atomic mass is 9.98. The van der Waals surface area contributed by atoms with Crippen molar-refractivity contribution in [3.8, 4) is 0 Å². The molecular formula is C25H27ClF4N4O3. The molecule has 37 heavy (non-hydrogen) atoms. The van der Waals surface area contributed by atoms with Gasteiger partial charge in [-0.2, -0.15) is 13.2 Å². The summed E-state index contributed by atoms with van der Waals surface area (Å²) in [5.41, 5.74) is 0.638. The minimum Gasteiger partial charge on any atom is -0.373 e. The number of ether oxygens (including phenoxy) is 1. The summed E-state index contributed by atoms with van der Waals surface area (Å²) in [6, 6.07) is 1.05. The molecule has 0 spiro atoms. The Balaban J connectivity index is 1.33. The fourth-order valence-electron chi connectivity index (χ4n) is 5.40. The molecule has 5 rings (SSSR count). The van der Waals surface area contributed by atoms with Crippen molar-refractivity contribution in [3.05, 3.63) is 70.2 Å². The van der Waals surface area contributed by atoms with E-state index in [0.29, 0.717) is 37.0 Å². The molecule has 0 radical (unpaired) electrons. The first-order valence-electron chi connectivity index (χ1n) is 12.0. The number of aliphatic hydroxyl groups excluding tert-OH is 2. The van der Waals surface area contributed by atoms with Gasteiger partial charge in [0.15, 0.2) is 6.23 Å². The van der Waals surface area contributed by atoms with E-state index in [9.17, 15) is 27.8 Å². The van der Waals surface area contributed by atoms with Gasteiger partial charge in [-0.1, -0.05) is 11.6 Å². The number of piperazine rings is 1. The zero-order valence-electron chi connectivity index (χ0n) is 20.2. The topological polar surface area (TPSA) is 74.0 Å². The molecule has 7 nitrogen and oxygen atoms in total. The van der Waals surface area contributed by atoms with E-state index < -0.39 is 47.2 Å². The van der Waals surface area contributed by atoms with Gasteiger partial charge in [-0.25, -0.2) is 9.37 Å². The van der Waals surface area contributed by atoms with Gasteiger partial charge in [0.25, 0.3) is 0 Å². The van der Waals surface area contributed by atoms with E-state index in [1.807, 2.05) is 13.8 Å². The molecule has 2 N–H and O–H groups in total. The number of allylic oxidation sites excluding steroid dienone is 2. The van der Waals surface area contributed by atoms with Gasteiger partial charge in [-0.05, 0) is 56.5 Å². The van der Waals surface area contributed by atoms with E-state index in [0.717, 1.165) is 11.8 Å². The van der Waals surface area contributed by atoms with Gasteiger partial charge in [0.1, 0.15) is 12.0 Å². The Morgan fingerprint density at radius 2 is 1.84 bits per heavy atom. The standard InChI is InChI=1S/C25H27ClF4N4O3/c1-13-11-32(12-31-13)19-3-4-20-24(36)33(7-8-34(20)23(19)35)14(2)21-5-6-22(37-21)15-9-18(27)17(26)10-16(15)25(28,29)30/h3-4,9-12,14,21-24,35-36H,5-8H2,1-2H3. The smallest absolute Gasteiger partial charge is 0.373 e. The third kappa shape index (κ3) is 4.79. The molecule has 1 aromatic heterocycles. The molecule has 200 valence electrons. The predicted molar refractivity (Wildman–Crippen MR) is 127 cm³/mol. The normalized spacial score (nSPS) is 27.6. The summed E-state index contributed by atoms with van der Waals surface area (Å²) < 4.78 is 62.7. The van der Waals surface area contributed by atoms with Crippen LogP contribution in [0.1, 0.15) is 42.7 Å². The summed E-state index contributed by atoms with van der Waals surface area (Å²) in [4.78, 5) is 7.70. The highest BCUT2D eigenvalue weighted by Gasteiger charge is 2.44. The second-order valence-electron chi connectivity index (χ2n) is 9.62. The van der Waals surface area contributed by atoms with Crippen LogP contribution >= 0.6 is 11.6 Å². The monoisotopic (exact) mass is 542 g/mol. The van der Waals surface area contributed by atoms with Crippen LogP contribution in [0.3, 0.4) is 0 Å². The maximum Gasteiger partial charge on any atom is 0.416 e. The fourth-order valence-corrected chi connectivity index (χ4v) is 5.56. The molecule has 12 heteroatoms. The van der Waals surface area contributed by atoms with Gasteiger partial charge >= 0.3 is 6.18 Å². The minimum absolute atomic E-state index is 0.271. The lowest BCUT2D eigenvalue weighted by Gasteiger charge is -2.48. The number of halogens is 5. The molecular weight excluding hydrogens is 516 g/mol. The second kappa shape index (κ2) is 9.70. The zero-order valence-corrected chi connectivity index (χ0v) is 20.9. The lowest BCUT2D eigenvalue weighted by Crippen LogP contribution is -2.59. The van der Waals surface area contributed by atoms with Gasteiger partial charge in [-0.15, -0.1) is 0 Å². The second-order valence-corrected chi connectivity index (χ2v) is 10.0. The molecule has 2 aromatic rings. The largest absolute Gasteiger partial charge is 0.416 e. The number of hydrogen-bond donors (Lipinski definition) is 2. The number of imidazole rings is 1. The van der Waals surface area contributed by atoms with E-state index in [4.69, 9.17) is 16.3 Å². The number of aliphatic hydroxyl groups is 2. The molecule has 4 heterocycles. The van der Waals surface area contributed by atoms with Crippen molar-refractivity contribution in [1.82, 2.24) is 19.4 Å². The Morgan fingerprint density at radius 1 is 1.11 bits per heavy atom. The Bertz CT molecular complexity index is 1250. The number of aromatic nitrogens is 2. The molecule has 5 atom stereocenters. The van der Waals surface area contributed by atoms with Crippen molar-refractivity contribution in [2.75, 3.05) is 13.1 Å². The molecule has 0 bridgehead atoms. The summed E-state index contributed by atoms with van der Waals surface area (Å²) in [5.74, 6) is -0.933. The number of aryl methyl sites for hydroxylation is 1. The predicted octanol–water partition coefficient (Wildman–Crippen LogP) is 4.30. The summed E-state index contributed by atoms with van der Waals surface area (Å²) in [7, 11) is 0. The van der Waals surface area contributed by atoms with Crippen molar-refractivity contribution >= 4 is 17.3 Å². The van der Waals surface area contributed by atoms with Crippen LogP contribution < -0.4 is 0 Å². The average molecular weight is 543 g/mol. The number of rotatable bonds is 4. The Morgan fingerprint density at radius 3 is 2.51 bits per heavy atom. The average Bonchev–Trinajstić information content (AvgIpc) is 3.50. The number of benzene rings is 1. The van der Waals surface area contributed by atoms with Crippen LogP contribution in [0.5, 0.6) is 0 Å². The summed E-state index contributed by atoms with van der Waals surface area (Å²) in [5, 5.41) is 21.5. The van der Waals surface area contributed by atoms with Gasteiger partial charge in [-0.3, -0.25) is 4.90 Å². The molecule has 0 aliphatic carbocycles. The van der Waals surface area contributed by atoms with Crippen molar-refractivity contribution in [2.45, 2.75) is 63.6 Å². The van der Waals surface area contributed by atoms with Crippen molar-refractivity contribution in [2.24, 2.45) is 0 Å². The van der Waals surface area contributed by atoms with Gasteiger partial charge in [0.05, 0.1) is 46.2 Å². The molecule has 0 saturated carbocycles. The zero-order chi connectivity index (χ0) is 26.6. The van der Waals surface area contributed by atoms with Crippen LogP contribution in [0.2, 0.25) is 5.02 Å². The van der Waals surface area contributed by atoms with Gasteiger partial charge in [0.2, 0.25) is 0 Å². The van der Waals surface area contributed by atoms with E-state index in [1.54, 1.807) is 39.0 Å². The molecule has 3 aliphatic rings. The van der Waals surface area contributed by atoms with Crippen LogP contribution in [-0.4, -0.2) is 67.3 Å². The maximum atomic E-state index is 14.1. The number of nitrogens with zero attached hydrogens (tertiary/aromatic N) is 4. The fraction of sp³-hybridized carbons (Fsp3) is 0.480. The molecule has 1 aromatic carbocycles. The van der Waals surface area contributed by atoms with Crippen LogP contribution in [-0.2, 0) is 10.9 Å². The van der Waals surface area contributed by atoms with E-state index in [-0.39, 0.29) is 18.0 Å². The molecule has 2 fully saturated rings. The van der Waals surface area contributed by atoms with Crippen LogP contribution in [0.25, 0.3) is 5.70 Å². The highest BCUT2D eigenvalue weighted by atomic mass is 35.5. The Kier molecular flexibility index (Phi) is 6.86. The number of fused-ring (bicyclic) bond motifs is 1. The van der Waals surface area contributed by atoms with E-state index >= 15 is 0 Å². The number of alkyl halides is 3. The molecule has 2 saturated heterocycles. The van der Waals surface area contributed by atoms with Crippen molar-refractivity contribution in [1.29, 1.82) is 0 Å². The first-order chi connectivity index (χ1) is 17.5. The Hall–Kier alpha value is -2.44. The summed E-state index contributed by atoms with van der Waals surface area (Å²) in [6.07, 6.45) is -0.585. The third-order valence-electron chi connectivity index (χ3n) is 7.36. The third-order valence-corrected chi connectivity index (χ3v) is 7.65. The van der Waals surface area contributed by atoms with Crippen molar-refractivity contribution < 1.29 is 32.5 Å². The maximum absolute atomic E-state index is 14.1. The molecule has 5 unspecified atom stereocenters. The Labute approximate surface area is 216 Å². The number of hydrogen-bond acceptors (Lipinski definition) is 6. The quantitative estimate of drug-likeness (QED) is 0.561. The van der Waals surface area contributed by atoms with Gasteiger partial charge in [0, 0.05) is 25.3 Å². The summed E-state index contributed by atoms with van der Waals surface area (Å²) in [6.45, 7) is 4.49. The molecule has 0 amide bonds. The van der Waals surface area contributed by atoms with E-state index in [1.165, 1.54) is 0 Å². The minimum atomic E-state index is -4.71. The summed E-state index contributed by atoms with van der Waals surface area (Å²) >= 11 is 5.62. The van der Waals surface area contributed by atoms with Crippen LogP contribution in [0.15, 0.2) is 42.5 Å². The van der Waals surface area contributed by atoms with E-state index in [2.05, 4.69) is 4.98 Å². The highest BCUT2D eigenvalue weighted by molar-refractivity contribution is 6.30. The van der Waals surface area contributed by atoms with Crippen molar-refractivity contribution in [3.63, 3.8) is 0 Å². The first kappa shape index (κ1) is 26.2.